The summed E-state index contributed by atoms with van der Waals surface area (Å²) >= 11 is 0. The number of hydrogen-bond donors (Lipinski definition) is 1. The van der Waals surface area contributed by atoms with Crippen LogP contribution in [0.5, 0.6) is 0 Å². The van der Waals surface area contributed by atoms with E-state index in [9.17, 15) is 14.2 Å². The van der Waals surface area contributed by atoms with Crippen LogP contribution in [0.4, 0.5) is 0 Å². The number of nitrogens with one attached hydrogen (secondary N) is 1. The molecule has 1 N–H and O–H groups in total. The van der Waals surface area contributed by atoms with Crippen molar-refractivity contribution in [2.45, 2.75) is 63.8 Å². The van der Waals surface area contributed by atoms with Gasteiger partial charge in [-0.25, -0.2) is 0 Å². The Labute approximate surface area is 162 Å². The Morgan fingerprint density at radius 3 is 2.19 bits per heavy atom. The molecule has 1 unspecified atom stereocenters. The van der Waals surface area contributed by atoms with Gasteiger partial charge in [-0.1, -0.05) is 44.2 Å². The second kappa shape index (κ2) is 9.16. The number of amides is 2. The Bertz CT molecular complexity index is 693. The predicted molar refractivity (Wildman–Crippen MR) is 109 cm³/mol. The van der Waals surface area contributed by atoms with Crippen molar-refractivity contribution in [3.8, 4) is 0 Å². The molecule has 1 aliphatic heterocycles. The first-order valence-electron chi connectivity index (χ1n) is 10.3. The molecule has 2 amide bonds. The molecule has 6 heteroatoms. The van der Waals surface area contributed by atoms with Crippen molar-refractivity contribution in [1.82, 2.24) is 9.99 Å². The first-order valence-corrected chi connectivity index (χ1v) is 12.6. The molecular formula is C21H31N2O3P. The van der Waals surface area contributed by atoms with Crippen LogP contribution in [0.25, 0.3) is 0 Å². The van der Waals surface area contributed by atoms with Gasteiger partial charge in [-0.3, -0.25) is 19.6 Å². The molecule has 1 heterocycles. The minimum absolute atomic E-state index is 0.176. The van der Waals surface area contributed by atoms with Gasteiger partial charge >= 0.3 is 0 Å². The molecule has 2 aliphatic rings. The van der Waals surface area contributed by atoms with E-state index in [1.165, 1.54) is 24.2 Å². The molecule has 0 saturated heterocycles. The zero-order valence-corrected chi connectivity index (χ0v) is 17.2. The monoisotopic (exact) mass is 390 g/mol. The summed E-state index contributed by atoms with van der Waals surface area (Å²) in [4.78, 5) is 26.0. The third-order valence-corrected chi connectivity index (χ3v) is 7.74. The van der Waals surface area contributed by atoms with Crippen molar-refractivity contribution >= 4 is 19.1 Å². The lowest BCUT2D eigenvalue weighted by Crippen LogP contribution is -2.30. The Morgan fingerprint density at radius 1 is 0.963 bits per heavy atom. The van der Waals surface area contributed by atoms with Crippen molar-refractivity contribution in [3.05, 3.63) is 35.4 Å². The lowest BCUT2D eigenvalue weighted by molar-refractivity contribution is 0.0651. The van der Waals surface area contributed by atoms with Crippen LogP contribution < -0.4 is 5.09 Å². The number of nitrogens with zero attached hydrogens (tertiary/aromatic N) is 1. The first kappa shape index (κ1) is 20.3. The van der Waals surface area contributed by atoms with E-state index in [1.807, 2.05) is 6.66 Å². The molecule has 3 rings (SSSR count). The predicted octanol–water partition coefficient (Wildman–Crippen LogP) is 4.67. The van der Waals surface area contributed by atoms with Gasteiger partial charge in [0.25, 0.3) is 11.8 Å². The summed E-state index contributed by atoms with van der Waals surface area (Å²) in [7, 11) is -2.26. The van der Waals surface area contributed by atoms with E-state index in [4.69, 9.17) is 0 Å². The molecular weight excluding hydrogens is 359 g/mol. The highest BCUT2D eigenvalue weighted by atomic mass is 31.2. The van der Waals surface area contributed by atoms with Crippen LogP contribution in [-0.2, 0) is 4.57 Å². The maximum absolute atomic E-state index is 12.7. The second-order valence-electron chi connectivity index (χ2n) is 8.01. The minimum Gasteiger partial charge on any atom is -0.307 e. The molecule has 1 atom stereocenters. The fourth-order valence-corrected chi connectivity index (χ4v) is 6.15. The number of unbranched alkanes of at least 4 members (excludes halogenated alkanes) is 3. The van der Waals surface area contributed by atoms with Gasteiger partial charge in [-0.2, -0.15) is 0 Å². The van der Waals surface area contributed by atoms with E-state index in [-0.39, 0.29) is 11.8 Å². The van der Waals surface area contributed by atoms with Crippen LogP contribution in [0.15, 0.2) is 24.3 Å². The molecule has 1 aromatic rings. The molecule has 1 aliphatic carbocycles. The van der Waals surface area contributed by atoms with E-state index >= 15 is 0 Å². The quantitative estimate of drug-likeness (QED) is 0.378. The Balaban J connectivity index is 1.33. The van der Waals surface area contributed by atoms with E-state index in [1.54, 1.807) is 24.3 Å². The van der Waals surface area contributed by atoms with Crippen LogP contribution in [0.2, 0.25) is 0 Å². The lowest BCUT2D eigenvalue weighted by Gasteiger charge is -2.26. The number of fused-ring (bicyclic) bond motifs is 1. The summed E-state index contributed by atoms with van der Waals surface area (Å²) in [5.74, 6) is -0.351. The number of benzene rings is 1. The molecule has 1 fully saturated rings. The second-order valence-corrected chi connectivity index (χ2v) is 10.9. The van der Waals surface area contributed by atoms with E-state index < -0.39 is 7.29 Å². The molecule has 5 nitrogen and oxygen atoms in total. The van der Waals surface area contributed by atoms with Gasteiger partial charge in [-0.15, -0.1) is 0 Å². The molecule has 0 radical (unpaired) electrons. The van der Waals surface area contributed by atoms with Gasteiger partial charge in [0, 0.05) is 25.4 Å². The van der Waals surface area contributed by atoms with Gasteiger partial charge in [-0.05, 0) is 37.8 Å². The molecule has 1 aromatic carbocycles. The van der Waals surface area contributed by atoms with Gasteiger partial charge in [0.15, 0.2) is 0 Å². The van der Waals surface area contributed by atoms with Crippen molar-refractivity contribution in [2.75, 3.05) is 19.4 Å². The fourth-order valence-electron chi connectivity index (χ4n) is 4.16. The van der Waals surface area contributed by atoms with Gasteiger partial charge in [0.05, 0.1) is 11.1 Å². The Hall–Kier alpha value is -1.45. The zero-order valence-electron chi connectivity index (χ0n) is 16.3. The Kier molecular flexibility index (Phi) is 6.88. The summed E-state index contributed by atoms with van der Waals surface area (Å²) < 4.78 is 12.7. The Morgan fingerprint density at radius 2 is 1.56 bits per heavy atom. The standard InChI is InChI=1S/C21H31N2O3P/c1-27(26,22-17-11-5-4-6-12-17)16-10-3-2-9-15-23-20(24)18-13-7-8-14-19(18)21(23)25/h7-8,13-14,17H,2-6,9-12,15-16H2,1H3,(H,22,26). The third kappa shape index (κ3) is 5.30. The smallest absolute Gasteiger partial charge is 0.261 e. The highest BCUT2D eigenvalue weighted by Gasteiger charge is 2.34. The van der Waals surface area contributed by atoms with E-state index in [2.05, 4.69) is 5.09 Å². The van der Waals surface area contributed by atoms with Crippen molar-refractivity contribution in [2.24, 2.45) is 0 Å². The fraction of sp³-hybridized carbons (Fsp3) is 0.619. The van der Waals surface area contributed by atoms with Crippen LogP contribution in [0, 0.1) is 0 Å². The van der Waals surface area contributed by atoms with Crippen LogP contribution >= 0.6 is 7.29 Å². The summed E-state index contributed by atoms with van der Waals surface area (Å²) in [6.07, 6.45) is 10.5. The molecule has 0 aromatic heterocycles. The summed E-state index contributed by atoms with van der Waals surface area (Å²) in [5.41, 5.74) is 1.03. The maximum Gasteiger partial charge on any atom is 0.261 e. The topological polar surface area (TPSA) is 66.5 Å². The highest BCUT2D eigenvalue weighted by molar-refractivity contribution is 7.61. The first-order chi connectivity index (χ1) is 13.0. The number of carbonyl (C=O) groups is 2. The molecule has 1 saturated carbocycles. The maximum atomic E-state index is 12.7. The van der Waals surface area contributed by atoms with Gasteiger partial charge < -0.3 is 4.57 Å². The SMILES string of the molecule is CP(=O)(CCCCCCN1C(=O)c2ccccc2C1=O)NC1CCCCC1. The number of hydrogen-bond acceptors (Lipinski definition) is 3. The summed E-state index contributed by atoms with van der Waals surface area (Å²) in [5, 5.41) is 3.41. The average molecular weight is 390 g/mol. The number of carbonyl (C=O) groups excluding carboxylic acids is 2. The molecule has 0 bridgehead atoms. The van der Waals surface area contributed by atoms with Crippen molar-refractivity contribution in [1.29, 1.82) is 0 Å². The van der Waals surface area contributed by atoms with E-state index in [0.29, 0.717) is 23.7 Å². The van der Waals surface area contributed by atoms with Crippen molar-refractivity contribution in [3.63, 3.8) is 0 Å². The minimum atomic E-state index is -2.26. The highest BCUT2D eigenvalue weighted by Crippen LogP contribution is 2.39. The van der Waals surface area contributed by atoms with Crippen LogP contribution in [-0.4, -0.2) is 42.1 Å². The zero-order chi connectivity index (χ0) is 19.3. The van der Waals surface area contributed by atoms with Gasteiger partial charge in [0.1, 0.15) is 7.29 Å². The van der Waals surface area contributed by atoms with E-state index in [0.717, 1.165) is 44.7 Å². The molecule has 148 valence electrons. The lowest BCUT2D eigenvalue weighted by atomic mass is 9.96. The largest absolute Gasteiger partial charge is 0.307 e. The van der Waals surface area contributed by atoms with Crippen molar-refractivity contribution < 1.29 is 14.2 Å². The number of rotatable bonds is 9. The molecule has 0 spiro atoms. The normalized spacial score (nSPS) is 20.0. The number of imide groups is 1. The average Bonchev–Trinajstić information content (AvgIpc) is 2.90. The van der Waals surface area contributed by atoms with Crippen LogP contribution in [0.1, 0.15) is 78.5 Å². The van der Waals surface area contributed by atoms with Crippen LogP contribution in [0.3, 0.4) is 0 Å². The summed E-state index contributed by atoms with van der Waals surface area (Å²) in [6, 6.07) is 7.44. The van der Waals surface area contributed by atoms with Gasteiger partial charge in [0.2, 0.25) is 0 Å². The third-order valence-electron chi connectivity index (χ3n) is 5.66. The molecule has 27 heavy (non-hydrogen) atoms. The summed E-state index contributed by atoms with van der Waals surface area (Å²) in [6.45, 7) is 2.34.